The Morgan fingerprint density at radius 3 is 1.00 bits per heavy atom. The van der Waals surface area contributed by atoms with E-state index in [1.54, 1.807) is 26.2 Å². The van der Waals surface area contributed by atoms with Gasteiger partial charge in [-0.3, -0.25) is 9.59 Å². The zero-order valence-corrected chi connectivity index (χ0v) is 38.5. The summed E-state index contributed by atoms with van der Waals surface area (Å²) < 4.78 is 3.77. The summed E-state index contributed by atoms with van der Waals surface area (Å²) in [7, 11) is 0. The molecule has 2 aromatic heterocycles. The first-order chi connectivity index (χ1) is 23.8. The molecule has 0 aliphatic heterocycles. The molecule has 4 rings (SSSR count). The number of hydrogen-bond acceptors (Lipinski definition) is 4. The summed E-state index contributed by atoms with van der Waals surface area (Å²) in [6.45, 7) is 18.1. The first-order valence-electron chi connectivity index (χ1n) is 18.7. The Morgan fingerprint density at radius 1 is 0.481 bits per heavy atom. The van der Waals surface area contributed by atoms with E-state index in [4.69, 9.17) is 0 Å². The van der Waals surface area contributed by atoms with Crippen molar-refractivity contribution in [3.8, 4) is 11.5 Å². The summed E-state index contributed by atoms with van der Waals surface area (Å²) in [6.07, 6.45) is 32.6. The maximum atomic E-state index is 11.6. The monoisotopic (exact) mass is 956 g/mol. The van der Waals surface area contributed by atoms with Gasteiger partial charge in [0.05, 0.1) is 0 Å². The maximum absolute atomic E-state index is 11.6. The van der Waals surface area contributed by atoms with Gasteiger partial charge < -0.3 is 44.2 Å². The third-order valence-electron chi connectivity index (χ3n) is 9.31. The molecule has 2 aromatic rings. The third kappa shape index (κ3) is 22.3. The van der Waals surface area contributed by atoms with Crippen molar-refractivity contribution in [2.45, 2.75) is 133 Å². The largest absolute Gasteiger partial charge is 2.00 e. The average Bonchev–Trinajstić information content (AvgIpc) is 3.09. The molecule has 2 fully saturated rings. The van der Waals surface area contributed by atoms with Gasteiger partial charge in [-0.05, 0) is 125 Å². The van der Waals surface area contributed by atoms with Crippen LogP contribution in [0.2, 0.25) is 0 Å². The van der Waals surface area contributed by atoms with Crippen molar-refractivity contribution in [2.24, 2.45) is 11.8 Å². The predicted molar refractivity (Wildman–Crippen MR) is 204 cm³/mol. The van der Waals surface area contributed by atoms with E-state index < -0.39 is 10.9 Å². The van der Waals surface area contributed by atoms with E-state index in [9.17, 15) is 19.8 Å². The molecular formula is C44H62Cl2N2O4Ru2. The van der Waals surface area contributed by atoms with Crippen LogP contribution in [0, 0.1) is 101 Å². The molecule has 2 aliphatic carbocycles. The predicted octanol–water partition coefficient (Wildman–Crippen LogP) is 2.66. The van der Waals surface area contributed by atoms with E-state index >= 15 is 0 Å². The van der Waals surface area contributed by atoms with Crippen LogP contribution in [-0.4, -0.2) is 9.13 Å². The smallest absolute Gasteiger partial charge is 1.00 e. The quantitative estimate of drug-likeness (QED) is 0.203. The Morgan fingerprint density at radius 2 is 0.741 bits per heavy atom. The van der Waals surface area contributed by atoms with Crippen LogP contribution < -0.4 is 45.9 Å². The topological polar surface area (TPSA) is 90.1 Å². The minimum atomic E-state index is -0.424. The van der Waals surface area contributed by atoms with Crippen molar-refractivity contribution < 1.29 is 74.0 Å². The molecule has 0 bridgehead atoms. The van der Waals surface area contributed by atoms with Gasteiger partial charge in [0.25, 0.3) is 0 Å². The normalized spacial score (nSPS) is 15.1. The molecular weight excluding hydrogens is 894 g/mol. The van der Waals surface area contributed by atoms with E-state index in [1.165, 1.54) is 74.3 Å². The number of halogens is 2. The molecule has 6 nitrogen and oxygen atoms in total. The molecule has 2 aliphatic rings. The molecule has 0 N–H and O–H groups in total. The van der Waals surface area contributed by atoms with Crippen molar-refractivity contribution in [3.05, 3.63) is 131 Å². The Labute approximate surface area is 368 Å². The summed E-state index contributed by atoms with van der Waals surface area (Å²) >= 11 is 0. The summed E-state index contributed by atoms with van der Waals surface area (Å²) in [4.78, 5) is 22.6. The minimum absolute atomic E-state index is 0. The number of nitrogens with zero attached hydrogens (tertiary/aromatic N) is 2. The van der Waals surface area contributed by atoms with Gasteiger partial charge in [0.1, 0.15) is 0 Å². The van der Waals surface area contributed by atoms with Gasteiger partial charge in [0.15, 0.2) is 10.9 Å². The van der Waals surface area contributed by atoms with Crippen LogP contribution in [0.15, 0.2) is 34.1 Å². The van der Waals surface area contributed by atoms with E-state index in [0.717, 1.165) is 38.8 Å². The van der Waals surface area contributed by atoms with Gasteiger partial charge in [0, 0.05) is 49.0 Å². The second-order valence-corrected chi connectivity index (χ2v) is 14.2. The molecule has 0 atom stereocenters. The van der Waals surface area contributed by atoms with Crippen LogP contribution in [0.25, 0.3) is 0 Å². The molecule has 0 saturated heterocycles. The Kier molecular flexibility index (Phi) is 34.5. The molecule has 0 aromatic carbocycles. The first-order valence-corrected chi connectivity index (χ1v) is 18.7. The molecule has 2 saturated carbocycles. The SMILES string of the molecule is C[C]1[CH][CH][C](C(C)C)[CH][CH]1.C[C]1[CH][CH][C](C(C)C)[CH][CH]1.Cc1c([O-])c(=O)ccn1CCCCCCCCCCCCn1ccc(=O)c([O-])c1C.[Cl-].[Cl-].[Ru+2].[Ru+2]. The van der Waals surface area contributed by atoms with Crippen LogP contribution in [0.5, 0.6) is 11.5 Å². The second kappa shape index (κ2) is 32.3. The third-order valence-corrected chi connectivity index (χ3v) is 9.31. The van der Waals surface area contributed by atoms with Crippen molar-refractivity contribution in [2.75, 3.05) is 0 Å². The van der Waals surface area contributed by atoms with Gasteiger partial charge in [-0.2, -0.15) is 0 Å². The summed E-state index contributed by atoms with van der Waals surface area (Å²) in [5.74, 6) is 6.05. The van der Waals surface area contributed by atoms with Crippen molar-refractivity contribution >= 4 is 0 Å². The van der Waals surface area contributed by atoms with Crippen LogP contribution in [0.1, 0.15) is 117 Å². The van der Waals surface area contributed by atoms with Gasteiger partial charge in [-0.15, -0.1) is 0 Å². The first kappa shape index (κ1) is 57.6. The van der Waals surface area contributed by atoms with E-state index in [2.05, 4.69) is 92.9 Å². The van der Waals surface area contributed by atoms with E-state index in [-0.39, 0.29) is 75.3 Å². The van der Waals surface area contributed by atoms with Crippen molar-refractivity contribution in [1.29, 1.82) is 0 Å². The fourth-order valence-electron chi connectivity index (χ4n) is 5.67. The molecule has 0 amide bonds. The van der Waals surface area contributed by atoms with E-state index in [0.29, 0.717) is 23.2 Å². The van der Waals surface area contributed by atoms with Gasteiger partial charge >= 0.3 is 39.0 Å². The van der Waals surface area contributed by atoms with Gasteiger partial charge in [0.2, 0.25) is 0 Å². The Hall–Kier alpha value is -0.673. The van der Waals surface area contributed by atoms with E-state index in [1.807, 2.05) is 9.13 Å². The zero-order valence-electron chi connectivity index (χ0n) is 33.6. The number of aromatic nitrogens is 2. The summed E-state index contributed by atoms with van der Waals surface area (Å²) in [6, 6.07) is 2.72. The molecule has 12 radical (unpaired) electrons. The van der Waals surface area contributed by atoms with Gasteiger partial charge in [-0.1, -0.05) is 92.9 Å². The molecule has 0 unspecified atom stereocenters. The number of rotatable bonds is 15. The van der Waals surface area contributed by atoms with Crippen LogP contribution in [0.4, 0.5) is 0 Å². The second-order valence-electron chi connectivity index (χ2n) is 14.2. The fourth-order valence-corrected chi connectivity index (χ4v) is 5.67. The van der Waals surface area contributed by atoms with Gasteiger partial charge in [-0.25, -0.2) is 0 Å². The van der Waals surface area contributed by atoms with Crippen molar-refractivity contribution in [3.63, 3.8) is 0 Å². The number of aryl methyl sites for hydroxylation is 2. The summed E-state index contributed by atoms with van der Waals surface area (Å²) in [5.41, 5.74) is 0.220. The van der Waals surface area contributed by atoms with Crippen LogP contribution in [-0.2, 0) is 52.0 Å². The number of hydrogen-bond donors (Lipinski definition) is 0. The summed E-state index contributed by atoms with van der Waals surface area (Å²) in [5, 5.41) is 23.3. The number of unbranched alkanes of at least 4 members (excludes halogenated alkanes) is 9. The van der Waals surface area contributed by atoms with Crippen LogP contribution >= 0.6 is 0 Å². The zero-order chi connectivity index (χ0) is 37.1. The van der Waals surface area contributed by atoms with Crippen LogP contribution in [0.3, 0.4) is 0 Å². The standard InChI is InChI=1S/C24H36N2O4.2C10H14.2ClH.2Ru/c1-19-23(29)21(27)13-17-25(19)15-11-9-7-5-3-4-6-8-10-12-16-26-18-14-22(28)24(30)20(26)2;2*1-8(2)10-6-4-9(3)5-7-10;;;;/h13-14,17-18,29-30H,3-12,15-16H2,1-2H3;2*4-8H,1-3H3;2*1H;;/q;;;;;2*+2/p-4. The fraction of sp³-hybridized carbons (Fsp3) is 0.500. The number of pyridine rings is 2. The Balaban J connectivity index is -0.000000891. The molecule has 10 heteroatoms. The maximum Gasteiger partial charge on any atom is 2.00 e. The van der Waals surface area contributed by atoms with Crippen molar-refractivity contribution in [1.82, 2.24) is 9.13 Å². The molecule has 2 heterocycles. The molecule has 302 valence electrons. The Bertz CT molecular complexity index is 1230. The minimum Gasteiger partial charge on any atom is -1.00 e. The molecule has 0 spiro atoms. The molecule has 54 heavy (non-hydrogen) atoms. The average molecular weight is 956 g/mol.